The Hall–Kier alpha value is -1.05. The number of aliphatic hydroxyl groups is 1. The van der Waals surface area contributed by atoms with E-state index in [2.05, 4.69) is 4.72 Å². The highest BCUT2D eigenvalue weighted by atomic mass is 32.2. The summed E-state index contributed by atoms with van der Waals surface area (Å²) in [5.74, 6) is -1.95. The molecule has 0 atom stereocenters. The molecule has 0 aliphatic heterocycles. The summed E-state index contributed by atoms with van der Waals surface area (Å²) in [5.41, 5.74) is -0.285. The number of sulfonamides is 1. The van der Waals surface area contributed by atoms with Crippen LogP contribution in [0, 0.1) is 17.0 Å². The second-order valence-corrected chi connectivity index (χ2v) is 7.13. The Kier molecular flexibility index (Phi) is 5.61. The van der Waals surface area contributed by atoms with Gasteiger partial charge in [0.2, 0.25) is 10.0 Å². The molecule has 7 heteroatoms. The first-order valence-corrected chi connectivity index (χ1v) is 7.72. The molecular weight excluding hydrogens is 288 g/mol. The molecule has 0 saturated carbocycles. The highest BCUT2D eigenvalue weighted by Crippen LogP contribution is 2.21. The Morgan fingerprint density at radius 3 is 2.50 bits per heavy atom. The van der Waals surface area contributed by atoms with E-state index in [0.29, 0.717) is 18.9 Å². The van der Waals surface area contributed by atoms with Gasteiger partial charge in [-0.3, -0.25) is 0 Å². The molecule has 1 rings (SSSR count). The highest BCUT2D eigenvalue weighted by Gasteiger charge is 2.20. The van der Waals surface area contributed by atoms with E-state index in [-0.39, 0.29) is 18.6 Å². The summed E-state index contributed by atoms with van der Waals surface area (Å²) in [4.78, 5) is -0.569. The molecule has 2 N–H and O–H groups in total. The molecule has 0 fully saturated rings. The smallest absolute Gasteiger partial charge is 0.243 e. The number of nitrogens with one attached hydrogen (secondary N) is 1. The topological polar surface area (TPSA) is 66.4 Å². The van der Waals surface area contributed by atoms with Crippen LogP contribution >= 0.6 is 0 Å². The molecule has 0 spiro atoms. The fourth-order valence-corrected chi connectivity index (χ4v) is 2.75. The van der Waals surface area contributed by atoms with Crippen LogP contribution in [0.1, 0.15) is 26.7 Å². The Bertz CT molecular complexity index is 559. The standard InChI is InChI=1S/C13H19F2NO3S/c1-13(2,9-17)6-3-7-16-20(18,19)12-5-4-10(14)8-11(12)15/h4-5,8,16-17H,3,6-7,9H2,1-2H3. The number of halogens is 2. The Morgan fingerprint density at radius 2 is 1.95 bits per heavy atom. The monoisotopic (exact) mass is 307 g/mol. The third-order valence-corrected chi connectivity index (χ3v) is 4.43. The van der Waals surface area contributed by atoms with Crippen molar-refractivity contribution in [3.63, 3.8) is 0 Å². The van der Waals surface area contributed by atoms with Crippen molar-refractivity contribution in [1.29, 1.82) is 0 Å². The van der Waals surface area contributed by atoms with Gasteiger partial charge in [-0.05, 0) is 30.4 Å². The Morgan fingerprint density at radius 1 is 1.30 bits per heavy atom. The zero-order chi connectivity index (χ0) is 15.4. The molecule has 0 bridgehead atoms. The molecule has 114 valence electrons. The predicted molar refractivity (Wildman–Crippen MR) is 71.6 cm³/mol. The van der Waals surface area contributed by atoms with Crippen molar-refractivity contribution in [2.45, 2.75) is 31.6 Å². The van der Waals surface area contributed by atoms with Gasteiger partial charge in [-0.1, -0.05) is 13.8 Å². The summed E-state index contributed by atoms with van der Waals surface area (Å²) in [6.07, 6.45) is 1.13. The first kappa shape index (κ1) is 17.0. The second kappa shape index (κ2) is 6.60. The van der Waals surface area contributed by atoms with Gasteiger partial charge in [-0.15, -0.1) is 0 Å². The summed E-state index contributed by atoms with van der Waals surface area (Å²) in [7, 11) is -3.99. The van der Waals surface area contributed by atoms with Crippen LogP contribution in [0.2, 0.25) is 0 Å². The average Bonchev–Trinajstić information content (AvgIpc) is 2.34. The molecule has 0 radical (unpaired) electrons. The molecule has 0 aliphatic rings. The summed E-state index contributed by atoms with van der Waals surface area (Å²) in [6, 6.07) is 2.32. The van der Waals surface area contributed by atoms with E-state index >= 15 is 0 Å². The van der Waals surface area contributed by atoms with Crippen LogP contribution in [0.5, 0.6) is 0 Å². The minimum absolute atomic E-state index is 0.00629. The van der Waals surface area contributed by atoms with Crippen molar-refractivity contribution in [1.82, 2.24) is 4.72 Å². The van der Waals surface area contributed by atoms with Crippen molar-refractivity contribution in [2.24, 2.45) is 5.41 Å². The lowest BCUT2D eigenvalue weighted by Gasteiger charge is -2.21. The average molecular weight is 307 g/mol. The molecule has 1 aromatic carbocycles. The SMILES string of the molecule is CC(C)(CO)CCCNS(=O)(=O)c1ccc(F)cc1F. The minimum Gasteiger partial charge on any atom is -0.396 e. The zero-order valence-electron chi connectivity index (χ0n) is 11.5. The highest BCUT2D eigenvalue weighted by molar-refractivity contribution is 7.89. The van der Waals surface area contributed by atoms with Gasteiger partial charge in [-0.25, -0.2) is 21.9 Å². The van der Waals surface area contributed by atoms with Crippen molar-refractivity contribution in [3.8, 4) is 0 Å². The van der Waals surface area contributed by atoms with Gasteiger partial charge in [-0.2, -0.15) is 0 Å². The first-order chi connectivity index (χ1) is 9.18. The summed E-state index contributed by atoms with van der Waals surface area (Å²) in [5, 5.41) is 9.07. The fourth-order valence-electron chi connectivity index (χ4n) is 1.62. The lowest BCUT2D eigenvalue weighted by Crippen LogP contribution is -2.27. The molecule has 0 unspecified atom stereocenters. The maximum absolute atomic E-state index is 13.4. The first-order valence-electron chi connectivity index (χ1n) is 6.23. The Balaban J connectivity index is 2.63. The number of rotatable bonds is 7. The van der Waals surface area contributed by atoms with Crippen LogP contribution in [0.4, 0.5) is 8.78 Å². The van der Waals surface area contributed by atoms with Crippen LogP contribution in [-0.2, 0) is 10.0 Å². The van der Waals surface area contributed by atoms with E-state index in [1.54, 1.807) is 0 Å². The summed E-state index contributed by atoms with van der Waals surface area (Å²) >= 11 is 0. The van der Waals surface area contributed by atoms with Gasteiger partial charge < -0.3 is 5.11 Å². The largest absolute Gasteiger partial charge is 0.396 e. The van der Waals surface area contributed by atoms with E-state index in [4.69, 9.17) is 5.11 Å². The van der Waals surface area contributed by atoms with Crippen molar-refractivity contribution in [3.05, 3.63) is 29.8 Å². The van der Waals surface area contributed by atoms with E-state index in [0.717, 1.165) is 12.1 Å². The van der Waals surface area contributed by atoms with Crippen LogP contribution < -0.4 is 4.72 Å². The zero-order valence-corrected chi connectivity index (χ0v) is 12.3. The molecule has 1 aromatic rings. The molecule has 0 amide bonds. The summed E-state index contributed by atoms with van der Waals surface area (Å²) < 4.78 is 52.1. The number of aliphatic hydroxyl groups excluding tert-OH is 1. The van der Waals surface area contributed by atoms with Gasteiger partial charge in [0, 0.05) is 19.2 Å². The minimum atomic E-state index is -3.99. The quantitative estimate of drug-likeness (QED) is 0.758. The van der Waals surface area contributed by atoms with E-state index in [1.165, 1.54) is 0 Å². The lowest BCUT2D eigenvalue weighted by atomic mass is 9.89. The molecule has 0 aromatic heterocycles. The van der Waals surface area contributed by atoms with Crippen LogP contribution in [-0.4, -0.2) is 26.7 Å². The van der Waals surface area contributed by atoms with E-state index < -0.39 is 26.6 Å². The number of hydrogen-bond donors (Lipinski definition) is 2. The number of benzene rings is 1. The molecule has 4 nitrogen and oxygen atoms in total. The maximum Gasteiger partial charge on any atom is 0.243 e. The molecular formula is C13H19F2NO3S. The van der Waals surface area contributed by atoms with Crippen molar-refractivity contribution < 1.29 is 22.3 Å². The van der Waals surface area contributed by atoms with E-state index in [9.17, 15) is 17.2 Å². The van der Waals surface area contributed by atoms with Gasteiger partial charge in [0.15, 0.2) is 0 Å². The lowest BCUT2D eigenvalue weighted by molar-refractivity contribution is 0.148. The predicted octanol–water partition coefficient (Wildman–Crippen LogP) is 2.04. The normalized spacial score (nSPS) is 12.7. The van der Waals surface area contributed by atoms with Gasteiger partial charge in [0.25, 0.3) is 0 Å². The third-order valence-electron chi connectivity index (χ3n) is 2.93. The third kappa shape index (κ3) is 4.81. The van der Waals surface area contributed by atoms with Crippen LogP contribution in [0.3, 0.4) is 0 Å². The van der Waals surface area contributed by atoms with Crippen LogP contribution in [0.25, 0.3) is 0 Å². The van der Waals surface area contributed by atoms with Gasteiger partial charge >= 0.3 is 0 Å². The van der Waals surface area contributed by atoms with Crippen molar-refractivity contribution in [2.75, 3.05) is 13.2 Å². The summed E-state index contributed by atoms with van der Waals surface area (Å²) in [6.45, 7) is 3.86. The van der Waals surface area contributed by atoms with Crippen molar-refractivity contribution >= 4 is 10.0 Å². The number of hydrogen-bond acceptors (Lipinski definition) is 3. The fraction of sp³-hybridized carbons (Fsp3) is 0.538. The van der Waals surface area contributed by atoms with Gasteiger partial charge in [0.1, 0.15) is 16.5 Å². The van der Waals surface area contributed by atoms with Crippen LogP contribution in [0.15, 0.2) is 23.1 Å². The second-order valence-electron chi connectivity index (χ2n) is 5.40. The Labute approximate surface area is 117 Å². The molecule has 0 aliphatic carbocycles. The molecule has 0 heterocycles. The molecule has 20 heavy (non-hydrogen) atoms. The van der Waals surface area contributed by atoms with Gasteiger partial charge in [0.05, 0.1) is 0 Å². The van der Waals surface area contributed by atoms with E-state index in [1.807, 2.05) is 13.8 Å². The molecule has 0 saturated heterocycles. The maximum atomic E-state index is 13.4.